The average molecular weight is 599 g/mol. The second kappa shape index (κ2) is 14.6. The third kappa shape index (κ3) is 7.40. The number of carbonyl (C=O) groups is 1. The summed E-state index contributed by atoms with van der Waals surface area (Å²) in [7, 11) is 5.36. The van der Waals surface area contributed by atoms with Gasteiger partial charge in [0, 0.05) is 73.6 Å². The number of ether oxygens (including phenoxy) is 3. The molecule has 44 heavy (non-hydrogen) atoms. The molecule has 0 saturated heterocycles. The number of nitrogens with one attached hydrogen (secondary N) is 2. The van der Waals surface area contributed by atoms with Crippen molar-refractivity contribution in [1.82, 2.24) is 14.9 Å². The molecular formula is C35H39FN4O4. The van der Waals surface area contributed by atoms with Crippen LogP contribution in [0.1, 0.15) is 37.7 Å². The summed E-state index contributed by atoms with van der Waals surface area (Å²) in [4.78, 5) is 16.8. The van der Waals surface area contributed by atoms with Crippen molar-refractivity contribution in [3.63, 3.8) is 0 Å². The van der Waals surface area contributed by atoms with Crippen molar-refractivity contribution in [1.29, 1.82) is 0 Å². The van der Waals surface area contributed by atoms with Crippen molar-refractivity contribution in [3.05, 3.63) is 84.4 Å². The zero-order valence-corrected chi connectivity index (χ0v) is 25.5. The normalized spacial score (nSPS) is 11.1. The number of pyridine rings is 1. The first-order chi connectivity index (χ1) is 21.5. The Morgan fingerprint density at radius 1 is 0.932 bits per heavy atom. The lowest BCUT2D eigenvalue weighted by Crippen LogP contribution is -2.24. The predicted octanol–water partition coefficient (Wildman–Crippen LogP) is 7.40. The van der Waals surface area contributed by atoms with Crippen LogP contribution in [0.25, 0.3) is 21.8 Å². The molecule has 8 nitrogen and oxygen atoms in total. The van der Waals surface area contributed by atoms with E-state index in [-0.39, 0.29) is 11.7 Å². The van der Waals surface area contributed by atoms with E-state index in [1.165, 1.54) is 22.5 Å². The third-order valence-electron chi connectivity index (χ3n) is 7.66. The Morgan fingerprint density at radius 3 is 2.61 bits per heavy atom. The van der Waals surface area contributed by atoms with Crippen molar-refractivity contribution in [2.75, 3.05) is 32.6 Å². The van der Waals surface area contributed by atoms with E-state index < -0.39 is 5.82 Å². The van der Waals surface area contributed by atoms with Gasteiger partial charge in [0.1, 0.15) is 5.75 Å². The molecule has 0 saturated carbocycles. The standard InChI is InChI=1S/C35H39FN4O4/c1-37-25-14-15-32(28(36)20-25)44-31-16-18-38-29-22-34(33(42-3)21-27(29)31)43-19-8-4-7-17-39-35(41)13-9-10-24-23-40(2)30-12-6-5-11-26(24)30/h5-6,11-12,14-16,18,20-23,37H,4,7-10,13,17,19H2,1-3H3,(H,39,41). The predicted molar refractivity (Wildman–Crippen MR) is 173 cm³/mol. The number of rotatable bonds is 15. The SMILES string of the molecule is CNc1ccc(Oc2ccnc3cc(OCCCCCNC(=O)CCCc4cn(C)c5ccccc45)c(OC)cc23)c(F)c1. The molecular weight excluding hydrogens is 559 g/mol. The number of aromatic nitrogens is 2. The Morgan fingerprint density at radius 2 is 1.80 bits per heavy atom. The summed E-state index contributed by atoms with van der Waals surface area (Å²) in [6.07, 6.45) is 8.63. The van der Waals surface area contributed by atoms with Crippen molar-refractivity contribution in [3.8, 4) is 23.0 Å². The van der Waals surface area contributed by atoms with Crippen LogP contribution >= 0.6 is 0 Å². The minimum Gasteiger partial charge on any atom is -0.493 e. The lowest BCUT2D eigenvalue weighted by atomic mass is 10.1. The van der Waals surface area contributed by atoms with Gasteiger partial charge in [0.2, 0.25) is 5.91 Å². The average Bonchev–Trinajstić information content (AvgIpc) is 3.36. The van der Waals surface area contributed by atoms with E-state index in [1.54, 1.807) is 50.7 Å². The number of para-hydroxylation sites is 1. The van der Waals surface area contributed by atoms with Gasteiger partial charge in [-0.15, -0.1) is 0 Å². The highest BCUT2D eigenvalue weighted by atomic mass is 19.1. The number of fused-ring (bicyclic) bond motifs is 2. The first-order valence-corrected chi connectivity index (χ1v) is 15.0. The Balaban J connectivity index is 1.05. The Hall–Kier alpha value is -4.79. The number of carbonyl (C=O) groups excluding carboxylic acids is 1. The molecule has 2 heterocycles. The lowest BCUT2D eigenvalue weighted by molar-refractivity contribution is -0.121. The smallest absolute Gasteiger partial charge is 0.220 e. The van der Waals surface area contributed by atoms with Crippen LogP contribution in [0, 0.1) is 5.82 Å². The fraction of sp³-hybridized carbons (Fsp3) is 0.314. The molecule has 5 rings (SSSR count). The fourth-order valence-corrected chi connectivity index (χ4v) is 5.31. The number of unbranched alkanes of at least 4 members (excludes halogenated alkanes) is 2. The molecule has 3 aromatic carbocycles. The molecule has 0 unspecified atom stereocenters. The van der Waals surface area contributed by atoms with Gasteiger partial charge in [-0.1, -0.05) is 18.2 Å². The molecule has 2 aromatic heterocycles. The van der Waals surface area contributed by atoms with Gasteiger partial charge in [0.15, 0.2) is 23.1 Å². The minimum atomic E-state index is -0.467. The highest BCUT2D eigenvalue weighted by molar-refractivity contribution is 5.88. The second-order valence-corrected chi connectivity index (χ2v) is 10.7. The molecule has 0 radical (unpaired) electrons. The number of methoxy groups -OCH3 is 1. The lowest BCUT2D eigenvalue weighted by Gasteiger charge is -2.14. The molecule has 2 N–H and O–H groups in total. The Kier molecular flexibility index (Phi) is 10.2. The Labute approximate surface area is 257 Å². The van der Waals surface area contributed by atoms with Crippen LogP contribution in [-0.2, 0) is 18.3 Å². The molecule has 1 amide bonds. The van der Waals surface area contributed by atoms with Crippen molar-refractivity contribution >= 4 is 33.4 Å². The van der Waals surface area contributed by atoms with Gasteiger partial charge in [0.05, 0.1) is 19.2 Å². The van der Waals surface area contributed by atoms with Gasteiger partial charge in [0.25, 0.3) is 0 Å². The van der Waals surface area contributed by atoms with Gasteiger partial charge >= 0.3 is 0 Å². The highest BCUT2D eigenvalue weighted by Gasteiger charge is 2.14. The first kappa shape index (κ1) is 30.7. The molecule has 0 aliphatic heterocycles. The summed E-state index contributed by atoms with van der Waals surface area (Å²) in [6, 6.07) is 18.4. The van der Waals surface area contributed by atoms with Crippen molar-refractivity contribution < 1.29 is 23.4 Å². The van der Waals surface area contributed by atoms with Crippen LogP contribution in [0.4, 0.5) is 10.1 Å². The van der Waals surface area contributed by atoms with Gasteiger partial charge in [-0.3, -0.25) is 9.78 Å². The van der Waals surface area contributed by atoms with Gasteiger partial charge in [-0.25, -0.2) is 4.39 Å². The quantitative estimate of drug-likeness (QED) is 0.122. The number of amides is 1. The molecule has 0 atom stereocenters. The Bertz CT molecular complexity index is 1740. The number of hydrogen-bond acceptors (Lipinski definition) is 6. The van der Waals surface area contributed by atoms with Crippen molar-refractivity contribution in [2.24, 2.45) is 7.05 Å². The van der Waals surface area contributed by atoms with E-state index in [1.807, 2.05) is 6.07 Å². The summed E-state index contributed by atoms with van der Waals surface area (Å²) in [5.74, 6) is 1.33. The molecule has 9 heteroatoms. The molecule has 0 aliphatic carbocycles. The van der Waals surface area contributed by atoms with Gasteiger partial charge < -0.3 is 29.4 Å². The molecule has 0 bridgehead atoms. The maximum absolute atomic E-state index is 14.5. The van der Waals surface area contributed by atoms with Crippen LogP contribution in [0.2, 0.25) is 0 Å². The number of halogens is 1. The van der Waals surface area contributed by atoms with E-state index in [0.717, 1.165) is 32.1 Å². The maximum atomic E-state index is 14.5. The zero-order chi connectivity index (χ0) is 30.9. The summed E-state index contributed by atoms with van der Waals surface area (Å²) >= 11 is 0. The van der Waals surface area contributed by atoms with Crippen molar-refractivity contribution in [2.45, 2.75) is 38.5 Å². The van der Waals surface area contributed by atoms with Crippen LogP contribution in [-0.4, -0.2) is 42.8 Å². The third-order valence-corrected chi connectivity index (χ3v) is 7.66. The highest BCUT2D eigenvalue weighted by Crippen LogP contribution is 2.38. The van der Waals surface area contributed by atoms with E-state index in [4.69, 9.17) is 14.2 Å². The summed E-state index contributed by atoms with van der Waals surface area (Å²) in [5, 5.41) is 7.89. The summed E-state index contributed by atoms with van der Waals surface area (Å²) < 4.78 is 34.2. The number of anilines is 1. The molecule has 0 aliphatic rings. The maximum Gasteiger partial charge on any atom is 0.220 e. The number of aryl methyl sites for hydroxylation is 2. The molecule has 0 spiro atoms. The number of benzene rings is 3. The number of nitrogens with zero attached hydrogens (tertiary/aromatic N) is 2. The summed E-state index contributed by atoms with van der Waals surface area (Å²) in [6.45, 7) is 1.15. The zero-order valence-electron chi connectivity index (χ0n) is 25.5. The van der Waals surface area contributed by atoms with Crippen LogP contribution in [0.3, 0.4) is 0 Å². The molecule has 5 aromatic rings. The second-order valence-electron chi connectivity index (χ2n) is 10.7. The minimum absolute atomic E-state index is 0.0935. The fourth-order valence-electron chi connectivity index (χ4n) is 5.31. The summed E-state index contributed by atoms with van der Waals surface area (Å²) in [5.41, 5.74) is 3.81. The van der Waals surface area contributed by atoms with Crippen LogP contribution in [0.15, 0.2) is 73.1 Å². The van der Waals surface area contributed by atoms with Gasteiger partial charge in [-0.05, 0) is 68.0 Å². The van der Waals surface area contributed by atoms with E-state index in [0.29, 0.717) is 53.4 Å². The topological polar surface area (TPSA) is 86.6 Å². The van der Waals surface area contributed by atoms with E-state index in [2.05, 4.69) is 51.6 Å². The largest absolute Gasteiger partial charge is 0.493 e. The monoisotopic (exact) mass is 598 g/mol. The van der Waals surface area contributed by atoms with E-state index >= 15 is 0 Å². The first-order valence-electron chi connectivity index (χ1n) is 15.0. The van der Waals surface area contributed by atoms with Gasteiger partial charge in [-0.2, -0.15) is 0 Å². The van der Waals surface area contributed by atoms with Crippen LogP contribution in [0.5, 0.6) is 23.0 Å². The van der Waals surface area contributed by atoms with E-state index in [9.17, 15) is 9.18 Å². The molecule has 0 fully saturated rings. The number of hydrogen-bond donors (Lipinski definition) is 2. The molecule has 230 valence electrons. The van der Waals surface area contributed by atoms with Crippen LogP contribution < -0.4 is 24.8 Å².